The molecule has 0 spiro atoms. The van der Waals surface area contributed by atoms with E-state index in [1.165, 1.54) is 0 Å². The van der Waals surface area contributed by atoms with Crippen LogP contribution in [0.5, 0.6) is 0 Å². The Labute approximate surface area is 94.6 Å². The third-order valence-corrected chi connectivity index (χ3v) is 3.72. The molecule has 3 heteroatoms. The van der Waals surface area contributed by atoms with Crippen LogP contribution in [0.3, 0.4) is 0 Å². The van der Waals surface area contributed by atoms with Crippen LogP contribution in [-0.2, 0) is 9.31 Å². The molecule has 1 unspecified atom stereocenters. The zero-order valence-electron chi connectivity index (χ0n) is 11.2. The second kappa shape index (κ2) is 3.64. The third kappa shape index (κ3) is 2.00. The Morgan fingerprint density at radius 2 is 1.87 bits per heavy atom. The number of allylic oxidation sites excluding steroid dienone is 2. The number of rotatable bonds is 1. The molecule has 84 valence electrons. The molecule has 15 heavy (non-hydrogen) atoms. The van der Waals surface area contributed by atoms with E-state index < -0.39 is 12.9 Å². The van der Waals surface area contributed by atoms with Crippen molar-refractivity contribution in [2.45, 2.75) is 64.0 Å². The van der Waals surface area contributed by atoms with Gasteiger partial charge in [0.25, 0.3) is 0 Å². The van der Waals surface area contributed by atoms with Gasteiger partial charge in [0.15, 0.2) is 0 Å². The van der Waals surface area contributed by atoms with E-state index in [1.807, 2.05) is 33.8 Å². The first kappa shape index (κ1) is 9.92. The molecule has 2 aliphatic rings. The first-order valence-corrected chi connectivity index (χ1v) is 5.80. The zero-order chi connectivity index (χ0) is 12.0. The lowest BCUT2D eigenvalue weighted by molar-refractivity contribution is 0.00578. The lowest BCUT2D eigenvalue weighted by Crippen LogP contribution is -2.41. The van der Waals surface area contributed by atoms with E-state index >= 15 is 0 Å². The van der Waals surface area contributed by atoms with Crippen LogP contribution in [0.1, 0.15) is 48.3 Å². The van der Waals surface area contributed by atoms with Crippen LogP contribution in [-0.4, -0.2) is 18.3 Å². The Hall–Kier alpha value is -0.275. The Kier molecular flexibility index (Phi) is 2.40. The van der Waals surface area contributed by atoms with E-state index in [0.29, 0.717) is 0 Å². The Morgan fingerprint density at radius 1 is 1.27 bits per heavy atom. The molecule has 0 amide bonds. The zero-order valence-corrected chi connectivity index (χ0v) is 10.2. The molecule has 1 aliphatic carbocycles. The lowest BCUT2D eigenvalue weighted by atomic mass is 9.67. The average molecular weight is 209 g/mol. The van der Waals surface area contributed by atoms with Crippen LogP contribution < -0.4 is 0 Å². The van der Waals surface area contributed by atoms with Crippen LogP contribution in [0.2, 0.25) is 5.79 Å². The highest BCUT2D eigenvalue weighted by molar-refractivity contribution is 6.48. The number of hydrogen-bond acceptors (Lipinski definition) is 2. The molecule has 0 aromatic heterocycles. The van der Waals surface area contributed by atoms with Crippen molar-refractivity contribution < 1.29 is 10.7 Å². The molecule has 0 aromatic rings. The maximum Gasteiger partial charge on any atom is 0.465 e. The summed E-state index contributed by atoms with van der Waals surface area (Å²) in [4.78, 5) is 0. The minimum Gasteiger partial charge on any atom is -0.403 e. The first-order valence-electron chi connectivity index (χ1n) is 6.30. The molecule has 1 atom stereocenters. The van der Waals surface area contributed by atoms with Gasteiger partial charge in [0.05, 0.1) is 11.2 Å². The molecular formula is C12H21BO2. The highest BCUT2D eigenvalue weighted by Gasteiger charge is 2.53. The lowest BCUT2D eigenvalue weighted by Gasteiger charge is -2.32. The molecule has 1 heterocycles. The van der Waals surface area contributed by atoms with E-state index in [0.717, 1.165) is 19.3 Å². The van der Waals surface area contributed by atoms with Crippen molar-refractivity contribution in [1.82, 2.24) is 0 Å². The van der Waals surface area contributed by atoms with Crippen molar-refractivity contribution in [2.75, 3.05) is 0 Å². The minimum atomic E-state index is -0.705. The van der Waals surface area contributed by atoms with Gasteiger partial charge in [-0.15, -0.1) is 0 Å². The van der Waals surface area contributed by atoms with Crippen molar-refractivity contribution in [1.29, 1.82) is 0 Å². The summed E-state index contributed by atoms with van der Waals surface area (Å²) >= 11 is 0. The fourth-order valence-electron chi connectivity index (χ4n) is 1.93. The molecule has 0 N–H and O–H groups in total. The molecule has 2 rings (SSSR count). The molecule has 0 bridgehead atoms. The second-order valence-electron chi connectivity index (χ2n) is 5.46. The van der Waals surface area contributed by atoms with Gasteiger partial charge in [-0.2, -0.15) is 0 Å². The summed E-state index contributed by atoms with van der Waals surface area (Å²) in [6.07, 6.45) is 6.95. The maximum atomic E-state index is 8.43. The Morgan fingerprint density at radius 3 is 2.33 bits per heavy atom. The quantitative estimate of drug-likeness (QED) is 0.487. The molecule has 1 saturated heterocycles. The third-order valence-electron chi connectivity index (χ3n) is 3.72. The molecule has 2 nitrogen and oxygen atoms in total. The fourth-order valence-corrected chi connectivity index (χ4v) is 1.93. The van der Waals surface area contributed by atoms with Crippen LogP contribution >= 0.6 is 0 Å². The second-order valence-corrected chi connectivity index (χ2v) is 5.46. The van der Waals surface area contributed by atoms with Crippen molar-refractivity contribution in [3.8, 4) is 0 Å². The van der Waals surface area contributed by atoms with E-state index in [2.05, 4.69) is 6.08 Å². The van der Waals surface area contributed by atoms with Gasteiger partial charge in [-0.05, 0) is 47.0 Å². The predicted octanol–water partition coefficient (Wildman–Crippen LogP) is 3.19. The summed E-state index contributed by atoms with van der Waals surface area (Å²) < 4.78 is 20.3. The van der Waals surface area contributed by atoms with Gasteiger partial charge in [0, 0.05) is 7.16 Å². The summed E-state index contributed by atoms with van der Waals surface area (Å²) in [7, 11) is -0.436. The first-order chi connectivity index (χ1) is 7.27. The van der Waals surface area contributed by atoms with Crippen LogP contribution in [0, 0.1) is 0 Å². The predicted molar refractivity (Wildman–Crippen MR) is 62.8 cm³/mol. The summed E-state index contributed by atoms with van der Waals surface area (Å²) in [6, 6.07) is 0. The smallest absolute Gasteiger partial charge is 0.403 e. The van der Waals surface area contributed by atoms with Crippen molar-refractivity contribution >= 4 is 7.12 Å². The van der Waals surface area contributed by atoms with Crippen molar-refractivity contribution in [2.24, 2.45) is 0 Å². The molecule has 0 aromatic carbocycles. The number of hydrogen-bond donors (Lipinski definition) is 0. The van der Waals surface area contributed by atoms with Crippen molar-refractivity contribution in [3.63, 3.8) is 0 Å². The van der Waals surface area contributed by atoms with E-state index in [-0.39, 0.29) is 11.2 Å². The summed E-state index contributed by atoms with van der Waals surface area (Å²) in [5.41, 5.74) is -0.673. The van der Waals surface area contributed by atoms with Gasteiger partial charge in [0.1, 0.15) is 0 Å². The van der Waals surface area contributed by atoms with Gasteiger partial charge in [-0.3, -0.25) is 0 Å². The molecule has 1 fully saturated rings. The standard InChI is InChI=1S/C12H21BO2/c1-11(2)12(3,4)15-13(14-11)10-8-6-5-7-9-10/h6,8,10H,5,7,9H2,1-4H3/i10D. The SMILES string of the molecule is [2H]C1(B2OC(C)(C)C(C)(C)O2)C=CCCC1. The van der Waals surface area contributed by atoms with E-state index in [9.17, 15) is 0 Å². The normalized spacial score (nSPS) is 39.2. The largest absolute Gasteiger partial charge is 0.465 e. The minimum absolute atomic E-state index is 0.336. The topological polar surface area (TPSA) is 18.5 Å². The van der Waals surface area contributed by atoms with Gasteiger partial charge in [-0.1, -0.05) is 12.2 Å². The van der Waals surface area contributed by atoms with Crippen molar-refractivity contribution in [3.05, 3.63) is 12.2 Å². The van der Waals surface area contributed by atoms with Gasteiger partial charge in [-0.25, -0.2) is 0 Å². The fraction of sp³-hybridized carbons (Fsp3) is 0.833. The van der Waals surface area contributed by atoms with Crippen LogP contribution in [0.15, 0.2) is 12.2 Å². The maximum absolute atomic E-state index is 8.43. The molecular weight excluding hydrogens is 187 g/mol. The monoisotopic (exact) mass is 209 g/mol. The van der Waals surface area contributed by atoms with E-state index in [1.54, 1.807) is 0 Å². The summed E-state index contributed by atoms with van der Waals surface area (Å²) in [5.74, 6) is -0.705. The Balaban J connectivity index is 2.20. The average Bonchev–Trinajstić information content (AvgIpc) is 2.38. The molecule has 0 radical (unpaired) electrons. The Bertz CT molecular complexity index is 298. The summed E-state index contributed by atoms with van der Waals surface area (Å²) in [5, 5.41) is 0. The van der Waals surface area contributed by atoms with E-state index in [4.69, 9.17) is 10.7 Å². The van der Waals surface area contributed by atoms with Gasteiger partial charge < -0.3 is 9.31 Å². The molecule has 1 aliphatic heterocycles. The van der Waals surface area contributed by atoms with Gasteiger partial charge in [0.2, 0.25) is 0 Å². The highest BCUT2D eigenvalue weighted by atomic mass is 16.7. The van der Waals surface area contributed by atoms with Crippen LogP contribution in [0.25, 0.3) is 0 Å². The van der Waals surface area contributed by atoms with Crippen LogP contribution in [0.4, 0.5) is 0 Å². The highest BCUT2D eigenvalue weighted by Crippen LogP contribution is 2.42. The van der Waals surface area contributed by atoms with Gasteiger partial charge >= 0.3 is 7.12 Å². The molecule has 0 saturated carbocycles. The summed E-state index contributed by atoms with van der Waals surface area (Å²) in [6.45, 7) is 8.12.